The maximum Gasteiger partial charge on any atom is 0.261 e. The smallest absolute Gasteiger partial charge is 0.261 e. The van der Waals surface area contributed by atoms with Gasteiger partial charge in [0.2, 0.25) is 5.91 Å². The van der Waals surface area contributed by atoms with Gasteiger partial charge >= 0.3 is 0 Å². The van der Waals surface area contributed by atoms with E-state index in [4.69, 9.17) is 4.74 Å². The summed E-state index contributed by atoms with van der Waals surface area (Å²) in [5.74, 6) is 0.790. The monoisotopic (exact) mass is 420 g/mol. The quantitative estimate of drug-likeness (QED) is 0.726. The number of nitrogens with zero attached hydrogens (tertiary/aromatic N) is 1. The van der Waals surface area contributed by atoms with Gasteiger partial charge in [-0.15, -0.1) is 0 Å². The molecule has 0 saturated heterocycles. The molecule has 2 atom stereocenters. The summed E-state index contributed by atoms with van der Waals surface area (Å²) in [6, 6.07) is 14.6. The summed E-state index contributed by atoms with van der Waals surface area (Å²) >= 11 is 0. The Labute approximate surface area is 184 Å². The zero-order valence-electron chi connectivity index (χ0n) is 18.7. The van der Waals surface area contributed by atoms with Gasteiger partial charge in [0, 0.05) is 19.0 Å². The van der Waals surface area contributed by atoms with Crippen molar-refractivity contribution in [1.29, 1.82) is 0 Å². The average molecular weight is 421 g/mol. The van der Waals surface area contributed by atoms with E-state index in [-0.39, 0.29) is 17.9 Å². The van der Waals surface area contributed by atoms with Crippen LogP contribution in [0.5, 0.6) is 5.75 Å². The molecule has 1 saturated carbocycles. The zero-order chi connectivity index (χ0) is 22.0. The van der Waals surface area contributed by atoms with Crippen molar-refractivity contribution in [2.75, 3.05) is 6.54 Å². The standard InChI is InChI=1S/C26H32N2O3/c1-4-23(26(30)27-20-11-12-20)31-21-13-10-18-14-15-28(24(29)5-2)25(22(18)16-21)19-8-6-17(3)7-9-19/h6-10,13,16,20,23,25H,4-5,11-12,14-15H2,1-3H3,(H,27,30)/t23-,25+/m0/s1. The van der Waals surface area contributed by atoms with E-state index in [2.05, 4.69) is 42.6 Å². The van der Waals surface area contributed by atoms with Crippen LogP contribution in [0.3, 0.4) is 0 Å². The Bertz CT molecular complexity index is 950. The number of carbonyl (C=O) groups excluding carboxylic acids is 2. The van der Waals surface area contributed by atoms with Crippen LogP contribution < -0.4 is 10.1 Å². The molecule has 164 valence electrons. The summed E-state index contributed by atoms with van der Waals surface area (Å²) in [7, 11) is 0. The van der Waals surface area contributed by atoms with Crippen molar-refractivity contribution in [2.45, 2.75) is 71.1 Å². The van der Waals surface area contributed by atoms with E-state index in [1.54, 1.807) is 0 Å². The molecule has 0 bridgehead atoms. The third kappa shape index (κ3) is 4.76. The minimum Gasteiger partial charge on any atom is -0.481 e. The molecule has 1 fully saturated rings. The fourth-order valence-electron chi connectivity index (χ4n) is 4.25. The summed E-state index contributed by atoms with van der Waals surface area (Å²) in [5, 5.41) is 3.04. The highest BCUT2D eigenvalue weighted by Gasteiger charge is 2.32. The van der Waals surface area contributed by atoms with Gasteiger partial charge < -0.3 is 15.0 Å². The molecule has 1 heterocycles. The molecular formula is C26H32N2O3. The summed E-state index contributed by atoms with van der Waals surface area (Å²) < 4.78 is 6.13. The van der Waals surface area contributed by atoms with E-state index in [0.29, 0.717) is 31.2 Å². The fourth-order valence-corrected chi connectivity index (χ4v) is 4.25. The van der Waals surface area contributed by atoms with Gasteiger partial charge in [0.15, 0.2) is 6.10 Å². The van der Waals surface area contributed by atoms with Crippen LogP contribution in [0.2, 0.25) is 0 Å². The van der Waals surface area contributed by atoms with Gasteiger partial charge in [-0.2, -0.15) is 0 Å². The van der Waals surface area contributed by atoms with E-state index < -0.39 is 6.10 Å². The number of ether oxygens (including phenoxy) is 1. The number of hydrogen-bond acceptors (Lipinski definition) is 3. The van der Waals surface area contributed by atoms with Crippen LogP contribution in [0.1, 0.15) is 67.8 Å². The molecule has 2 amide bonds. The van der Waals surface area contributed by atoms with Gasteiger partial charge in [0.05, 0.1) is 6.04 Å². The summed E-state index contributed by atoms with van der Waals surface area (Å²) in [5.41, 5.74) is 4.61. The number of amides is 2. The second-order valence-corrected chi connectivity index (χ2v) is 8.66. The van der Waals surface area contributed by atoms with Crippen molar-refractivity contribution in [2.24, 2.45) is 0 Å². The van der Waals surface area contributed by atoms with Crippen LogP contribution in [-0.2, 0) is 16.0 Å². The maximum absolute atomic E-state index is 12.8. The third-order valence-corrected chi connectivity index (χ3v) is 6.23. The molecular weight excluding hydrogens is 388 g/mol. The molecule has 2 aromatic carbocycles. The topological polar surface area (TPSA) is 58.6 Å². The molecule has 0 aromatic heterocycles. The lowest BCUT2D eigenvalue weighted by Crippen LogP contribution is -2.40. The van der Waals surface area contributed by atoms with Crippen molar-refractivity contribution in [3.8, 4) is 5.75 Å². The Morgan fingerprint density at radius 2 is 1.87 bits per heavy atom. The van der Waals surface area contributed by atoms with Gasteiger partial charge in [-0.05, 0) is 61.4 Å². The van der Waals surface area contributed by atoms with Crippen LogP contribution >= 0.6 is 0 Å². The number of carbonyl (C=O) groups is 2. The van der Waals surface area contributed by atoms with Crippen molar-refractivity contribution >= 4 is 11.8 Å². The molecule has 0 spiro atoms. The summed E-state index contributed by atoms with van der Waals surface area (Å²) in [6.45, 7) is 6.65. The summed E-state index contributed by atoms with van der Waals surface area (Å²) in [4.78, 5) is 27.3. The highest BCUT2D eigenvalue weighted by molar-refractivity contribution is 5.81. The Kier molecular flexibility index (Phi) is 6.30. The SMILES string of the molecule is CCC(=O)N1CCc2ccc(O[C@@H](CC)C(=O)NC3CC3)cc2[C@H]1c1ccc(C)cc1. The first-order valence-electron chi connectivity index (χ1n) is 11.5. The van der Waals surface area contributed by atoms with Crippen molar-refractivity contribution < 1.29 is 14.3 Å². The van der Waals surface area contributed by atoms with E-state index >= 15 is 0 Å². The Balaban J connectivity index is 1.65. The lowest BCUT2D eigenvalue weighted by atomic mass is 9.87. The largest absolute Gasteiger partial charge is 0.481 e. The summed E-state index contributed by atoms with van der Waals surface area (Å²) in [6.07, 6.45) is 3.52. The van der Waals surface area contributed by atoms with E-state index in [0.717, 1.165) is 30.4 Å². The number of fused-ring (bicyclic) bond motifs is 1. The molecule has 31 heavy (non-hydrogen) atoms. The zero-order valence-corrected chi connectivity index (χ0v) is 18.7. The van der Waals surface area contributed by atoms with Crippen molar-refractivity contribution in [3.63, 3.8) is 0 Å². The molecule has 5 nitrogen and oxygen atoms in total. The highest BCUT2D eigenvalue weighted by atomic mass is 16.5. The first-order chi connectivity index (χ1) is 15.0. The second-order valence-electron chi connectivity index (χ2n) is 8.66. The predicted octanol–water partition coefficient (Wildman–Crippen LogP) is 4.32. The minimum atomic E-state index is -0.506. The van der Waals surface area contributed by atoms with Gasteiger partial charge in [-0.1, -0.05) is 49.7 Å². The number of aryl methyl sites for hydroxylation is 1. The molecule has 1 aliphatic carbocycles. The average Bonchev–Trinajstić information content (AvgIpc) is 3.60. The van der Waals surface area contributed by atoms with Crippen molar-refractivity contribution in [3.05, 3.63) is 64.7 Å². The second kappa shape index (κ2) is 9.13. The minimum absolute atomic E-state index is 0.0411. The van der Waals surface area contributed by atoms with Crippen LogP contribution in [-0.4, -0.2) is 35.4 Å². The van der Waals surface area contributed by atoms with Crippen LogP contribution in [0.4, 0.5) is 0 Å². The molecule has 0 radical (unpaired) electrons. The first-order valence-corrected chi connectivity index (χ1v) is 11.5. The normalized spacial score (nSPS) is 18.8. The molecule has 2 aliphatic rings. The maximum atomic E-state index is 12.8. The Hall–Kier alpha value is -2.82. The lowest BCUT2D eigenvalue weighted by molar-refractivity contribution is -0.133. The Morgan fingerprint density at radius 1 is 1.13 bits per heavy atom. The molecule has 2 aromatic rings. The van der Waals surface area contributed by atoms with Gasteiger partial charge in [0.1, 0.15) is 5.75 Å². The van der Waals surface area contributed by atoms with Gasteiger partial charge in [0.25, 0.3) is 5.91 Å². The third-order valence-electron chi connectivity index (χ3n) is 6.23. The Morgan fingerprint density at radius 3 is 2.52 bits per heavy atom. The van der Waals surface area contributed by atoms with Gasteiger partial charge in [-0.25, -0.2) is 0 Å². The number of hydrogen-bond donors (Lipinski definition) is 1. The lowest BCUT2D eigenvalue weighted by Gasteiger charge is -2.38. The fraction of sp³-hybridized carbons (Fsp3) is 0.462. The highest BCUT2D eigenvalue weighted by Crippen LogP contribution is 2.38. The molecule has 1 N–H and O–H groups in total. The number of rotatable bonds is 7. The molecule has 1 aliphatic heterocycles. The van der Waals surface area contributed by atoms with E-state index in [1.807, 2.05) is 30.9 Å². The van der Waals surface area contributed by atoms with Crippen LogP contribution in [0.15, 0.2) is 42.5 Å². The molecule has 4 rings (SSSR count). The predicted molar refractivity (Wildman–Crippen MR) is 121 cm³/mol. The number of benzene rings is 2. The van der Waals surface area contributed by atoms with E-state index in [1.165, 1.54) is 11.1 Å². The number of nitrogens with one attached hydrogen (secondary N) is 1. The van der Waals surface area contributed by atoms with Gasteiger partial charge in [-0.3, -0.25) is 9.59 Å². The first kappa shape index (κ1) is 21.4. The van der Waals surface area contributed by atoms with Crippen LogP contribution in [0.25, 0.3) is 0 Å². The van der Waals surface area contributed by atoms with Crippen LogP contribution in [0, 0.1) is 6.92 Å². The van der Waals surface area contributed by atoms with Crippen molar-refractivity contribution in [1.82, 2.24) is 10.2 Å². The molecule has 0 unspecified atom stereocenters. The molecule has 5 heteroatoms. The van der Waals surface area contributed by atoms with E-state index in [9.17, 15) is 9.59 Å².